The van der Waals surface area contributed by atoms with Gasteiger partial charge in [-0.2, -0.15) is 0 Å². The zero-order valence-corrected chi connectivity index (χ0v) is 10.7. The summed E-state index contributed by atoms with van der Waals surface area (Å²) in [5.41, 5.74) is 0. The lowest BCUT2D eigenvalue weighted by Crippen LogP contribution is -2.51. The molecule has 0 saturated heterocycles. The van der Waals surface area contributed by atoms with Gasteiger partial charge in [-0.15, -0.1) is 0 Å². The van der Waals surface area contributed by atoms with Crippen molar-refractivity contribution in [2.45, 2.75) is 50.8 Å². The molecule has 1 aliphatic rings. The van der Waals surface area contributed by atoms with Gasteiger partial charge in [0.1, 0.15) is 0 Å². The molecule has 0 aliphatic heterocycles. The number of aliphatic hydroxyl groups excluding tert-OH is 1. The molecule has 1 amide bonds. The standard InChI is InChI=1S/C12H24N2O3/c1-9(12(16)13-7-8-17-2)14-10-5-3-4-6-11(10)15/h9-11,14-15H,3-8H2,1-2H3,(H,13,16)/t9?,10-,11-/m1/s1. The van der Waals surface area contributed by atoms with E-state index in [1.165, 1.54) is 0 Å². The van der Waals surface area contributed by atoms with Gasteiger partial charge >= 0.3 is 0 Å². The molecule has 0 spiro atoms. The summed E-state index contributed by atoms with van der Waals surface area (Å²) in [4.78, 5) is 11.7. The normalized spacial score (nSPS) is 26.5. The highest BCUT2D eigenvalue weighted by atomic mass is 16.5. The van der Waals surface area contributed by atoms with E-state index in [0.29, 0.717) is 13.2 Å². The van der Waals surface area contributed by atoms with Crippen LogP contribution in [0.5, 0.6) is 0 Å². The minimum atomic E-state index is -0.321. The van der Waals surface area contributed by atoms with Crippen LogP contribution in [0.4, 0.5) is 0 Å². The summed E-state index contributed by atoms with van der Waals surface area (Å²) in [6.45, 7) is 2.86. The summed E-state index contributed by atoms with van der Waals surface area (Å²) in [7, 11) is 1.60. The molecule has 1 rings (SSSR count). The summed E-state index contributed by atoms with van der Waals surface area (Å²) in [6, 6.07) is -0.225. The molecule has 0 heterocycles. The van der Waals surface area contributed by atoms with Crippen molar-refractivity contribution < 1.29 is 14.6 Å². The van der Waals surface area contributed by atoms with Gasteiger partial charge in [0, 0.05) is 19.7 Å². The van der Waals surface area contributed by atoms with Crippen LogP contribution in [0.1, 0.15) is 32.6 Å². The summed E-state index contributed by atoms with van der Waals surface area (Å²) in [6.07, 6.45) is 3.64. The third kappa shape index (κ3) is 5.02. The second-order valence-electron chi connectivity index (χ2n) is 4.63. The Bertz CT molecular complexity index is 236. The molecule has 1 unspecified atom stereocenters. The molecule has 5 heteroatoms. The lowest BCUT2D eigenvalue weighted by molar-refractivity contribution is -0.123. The average molecular weight is 244 g/mol. The van der Waals surface area contributed by atoms with Crippen molar-refractivity contribution in [1.29, 1.82) is 0 Å². The molecular formula is C12H24N2O3. The highest BCUT2D eigenvalue weighted by molar-refractivity contribution is 5.81. The van der Waals surface area contributed by atoms with Gasteiger partial charge in [0.25, 0.3) is 0 Å². The van der Waals surface area contributed by atoms with E-state index >= 15 is 0 Å². The van der Waals surface area contributed by atoms with Crippen molar-refractivity contribution >= 4 is 5.91 Å². The van der Waals surface area contributed by atoms with Gasteiger partial charge < -0.3 is 20.5 Å². The molecule has 0 radical (unpaired) electrons. The number of rotatable bonds is 6. The second-order valence-corrected chi connectivity index (χ2v) is 4.63. The Morgan fingerprint density at radius 2 is 2.18 bits per heavy atom. The largest absolute Gasteiger partial charge is 0.392 e. The Kier molecular flexibility index (Phi) is 6.47. The second kappa shape index (κ2) is 7.63. The molecule has 3 N–H and O–H groups in total. The van der Waals surface area contributed by atoms with E-state index in [4.69, 9.17) is 4.74 Å². The molecule has 0 aromatic carbocycles. The fourth-order valence-electron chi connectivity index (χ4n) is 2.13. The van der Waals surface area contributed by atoms with E-state index in [0.717, 1.165) is 25.7 Å². The van der Waals surface area contributed by atoms with Crippen LogP contribution in [0, 0.1) is 0 Å². The Balaban J connectivity index is 2.26. The van der Waals surface area contributed by atoms with Crippen molar-refractivity contribution in [3.05, 3.63) is 0 Å². The van der Waals surface area contributed by atoms with E-state index < -0.39 is 0 Å². The van der Waals surface area contributed by atoms with Crippen LogP contribution in [0.15, 0.2) is 0 Å². The smallest absolute Gasteiger partial charge is 0.236 e. The predicted octanol–water partition coefficient (Wildman–Crippen LogP) is 0.0306. The van der Waals surface area contributed by atoms with Gasteiger partial charge in [-0.05, 0) is 19.8 Å². The van der Waals surface area contributed by atoms with Crippen LogP contribution in [0.3, 0.4) is 0 Å². The van der Waals surface area contributed by atoms with Gasteiger partial charge in [0.2, 0.25) is 5.91 Å². The molecule has 1 saturated carbocycles. The first-order chi connectivity index (χ1) is 8.15. The van der Waals surface area contributed by atoms with Gasteiger partial charge in [-0.1, -0.05) is 12.8 Å². The highest BCUT2D eigenvalue weighted by Gasteiger charge is 2.25. The summed E-state index contributed by atoms with van der Waals surface area (Å²) < 4.78 is 4.86. The zero-order chi connectivity index (χ0) is 12.7. The summed E-state index contributed by atoms with van der Waals surface area (Å²) in [5.74, 6) is -0.0418. The quantitative estimate of drug-likeness (QED) is 0.577. The minimum Gasteiger partial charge on any atom is -0.392 e. The Labute approximate surface area is 103 Å². The molecule has 0 aromatic heterocycles. The molecular weight excluding hydrogens is 220 g/mol. The third-order valence-electron chi connectivity index (χ3n) is 3.19. The topological polar surface area (TPSA) is 70.6 Å². The van der Waals surface area contributed by atoms with E-state index in [2.05, 4.69) is 10.6 Å². The van der Waals surface area contributed by atoms with Crippen molar-refractivity contribution in [3.8, 4) is 0 Å². The minimum absolute atomic E-state index is 0.0418. The first-order valence-corrected chi connectivity index (χ1v) is 6.36. The van der Waals surface area contributed by atoms with Crippen LogP contribution in [-0.2, 0) is 9.53 Å². The lowest BCUT2D eigenvalue weighted by atomic mass is 9.92. The van der Waals surface area contributed by atoms with E-state index in [9.17, 15) is 9.90 Å². The first-order valence-electron chi connectivity index (χ1n) is 6.36. The van der Waals surface area contributed by atoms with Crippen molar-refractivity contribution in [3.63, 3.8) is 0 Å². The van der Waals surface area contributed by atoms with Crippen LogP contribution in [0.25, 0.3) is 0 Å². The molecule has 17 heavy (non-hydrogen) atoms. The van der Waals surface area contributed by atoms with E-state index in [1.54, 1.807) is 7.11 Å². The maximum atomic E-state index is 11.7. The number of carbonyl (C=O) groups excluding carboxylic acids is 1. The van der Waals surface area contributed by atoms with Crippen molar-refractivity contribution in [1.82, 2.24) is 10.6 Å². The zero-order valence-electron chi connectivity index (χ0n) is 10.7. The first kappa shape index (κ1) is 14.4. The van der Waals surface area contributed by atoms with Gasteiger partial charge in [-0.3, -0.25) is 4.79 Å². The van der Waals surface area contributed by atoms with Gasteiger partial charge in [0.15, 0.2) is 0 Å². The number of ether oxygens (including phenoxy) is 1. The number of amides is 1. The molecule has 3 atom stereocenters. The molecule has 0 bridgehead atoms. The van der Waals surface area contributed by atoms with E-state index in [-0.39, 0.29) is 24.1 Å². The SMILES string of the molecule is COCCNC(=O)C(C)N[C@@H]1CCCC[C@H]1O. The van der Waals surface area contributed by atoms with Crippen LogP contribution < -0.4 is 10.6 Å². The number of nitrogens with one attached hydrogen (secondary N) is 2. The molecule has 100 valence electrons. The number of hydrogen-bond donors (Lipinski definition) is 3. The van der Waals surface area contributed by atoms with E-state index in [1.807, 2.05) is 6.92 Å². The number of carbonyl (C=O) groups is 1. The van der Waals surface area contributed by atoms with Crippen LogP contribution in [-0.4, -0.2) is 49.5 Å². The summed E-state index contributed by atoms with van der Waals surface area (Å²) >= 11 is 0. The fraction of sp³-hybridized carbons (Fsp3) is 0.917. The Hall–Kier alpha value is -0.650. The molecule has 1 fully saturated rings. The fourth-order valence-corrected chi connectivity index (χ4v) is 2.13. The number of aliphatic hydroxyl groups is 1. The lowest BCUT2D eigenvalue weighted by Gasteiger charge is -2.30. The van der Waals surface area contributed by atoms with Crippen LogP contribution in [0.2, 0.25) is 0 Å². The predicted molar refractivity (Wildman–Crippen MR) is 65.7 cm³/mol. The maximum absolute atomic E-state index is 11.7. The van der Waals surface area contributed by atoms with Crippen LogP contribution >= 0.6 is 0 Å². The Morgan fingerprint density at radius 1 is 1.47 bits per heavy atom. The molecule has 5 nitrogen and oxygen atoms in total. The molecule has 1 aliphatic carbocycles. The summed E-state index contributed by atoms with van der Waals surface area (Å²) in [5, 5.41) is 15.8. The van der Waals surface area contributed by atoms with Gasteiger partial charge in [0.05, 0.1) is 18.8 Å². The molecule has 0 aromatic rings. The number of hydrogen-bond acceptors (Lipinski definition) is 4. The monoisotopic (exact) mass is 244 g/mol. The average Bonchev–Trinajstić information content (AvgIpc) is 2.32. The van der Waals surface area contributed by atoms with Crippen molar-refractivity contribution in [2.24, 2.45) is 0 Å². The maximum Gasteiger partial charge on any atom is 0.236 e. The Morgan fingerprint density at radius 3 is 2.82 bits per heavy atom. The van der Waals surface area contributed by atoms with Gasteiger partial charge in [-0.25, -0.2) is 0 Å². The number of methoxy groups -OCH3 is 1. The third-order valence-corrected chi connectivity index (χ3v) is 3.19. The van der Waals surface area contributed by atoms with Crippen molar-refractivity contribution in [2.75, 3.05) is 20.3 Å². The highest BCUT2D eigenvalue weighted by Crippen LogP contribution is 2.18.